The summed E-state index contributed by atoms with van der Waals surface area (Å²) >= 11 is 0. The molecular weight excluding hydrogens is 254 g/mol. The lowest BCUT2D eigenvalue weighted by atomic mass is 9.94. The maximum atomic E-state index is 11.6. The quantitative estimate of drug-likeness (QED) is 0.794. The molecule has 5 nitrogen and oxygen atoms in total. The van der Waals surface area contributed by atoms with Crippen LogP contribution in [0.5, 0.6) is 0 Å². The Bertz CT molecular complexity index is 500. The van der Waals surface area contributed by atoms with Crippen LogP contribution in [0.25, 0.3) is 0 Å². The lowest BCUT2D eigenvalue weighted by Crippen LogP contribution is -2.55. The van der Waals surface area contributed by atoms with E-state index in [1.807, 2.05) is 36.9 Å². The zero-order valence-electron chi connectivity index (χ0n) is 11.9. The number of piperazine rings is 1. The summed E-state index contributed by atoms with van der Waals surface area (Å²) in [5, 5.41) is 2.32. The minimum Gasteiger partial charge on any atom is -0.326 e. The molecule has 1 heterocycles. The van der Waals surface area contributed by atoms with Gasteiger partial charge in [0.1, 0.15) is 0 Å². The molecule has 2 unspecified atom stereocenters. The first-order valence-electron chi connectivity index (χ1n) is 6.90. The summed E-state index contributed by atoms with van der Waals surface area (Å²) in [7, 11) is 0. The van der Waals surface area contributed by atoms with Crippen LogP contribution in [0.3, 0.4) is 0 Å². The van der Waals surface area contributed by atoms with Gasteiger partial charge in [0.25, 0.3) is 0 Å². The van der Waals surface area contributed by atoms with Crippen molar-refractivity contribution in [2.24, 2.45) is 5.73 Å². The molecule has 2 amide bonds. The predicted molar refractivity (Wildman–Crippen MR) is 76.9 cm³/mol. The van der Waals surface area contributed by atoms with Crippen LogP contribution in [0.15, 0.2) is 24.3 Å². The molecule has 2 atom stereocenters. The Balaban J connectivity index is 2.32. The number of nitrogens with one attached hydrogen (secondary N) is 1. The number of carbonyl (C=O) groups excluding carboxylic acids is 2. The molecule has 20 heavy (non-hydrogen) atoms. The van der Waals surface area contributed by atoms with Gasteiger partial charge in [0.15, 0.2) is 0 Å². The third kappa shape index (κ3) is 3.23. The summed E-state index contributed by atoms with van der Waals surface area (Å²) in [6.07, 6.45) is 0.783. The predicted octanol–water partition coefficient (Wildman–Crippen LogP) is 0.732. The molecule has 1 aromatic carbocycles. The van der Waals surface area contributed by atoms with Crippen molar-refractivity contribution in [3.8, 4) is 0 Å². The molecule has 0 aliphatic carbocycles. The van der Waals surface area contributed by atoms with Crippen molar-refractivity contribution in [1.82, 2.24) is 10.2 Å². The van der Waals surface area contributed by atoms with Gasteiger partial charge in [-0.1, -0.05) is 36.8 Å². The normalized spacial score (nSPS) is 19.6. The summed E-state index contributed by atoms with van der Waals surface area (Å²) in [5.41, 5.74) is 8.44. The molecule has 0 aromatic heterocycles. The number of hydrogen-bond acceptors (Lipinski definition) is 4. The molecule has 1 aliphatic heterocycles. The fourth-order valence-electron chi connectivity index (χ4n) is 2.66. The first kappa shape index (κ1) is 14.7. The zero-order valence-corrected chi connectivity index (χ0v) is 11.9. The number of carbonyl (C=O) groups is 2. The Labute approximate surface area is 119 Å². The largest absolute Gasteiger partial charge is 0.326 e. The minimum absolute atomic E-state index is 0.115. The van der Waals surface area contributed by atoms with Crippen molar-refractivity contribution in [1.29, 1.82) is 0 Å². The van der Waals surface area contributed by atoms with Gasteiger partial charge in [-0.3, -0.25) is 19.8 Å². The number of imide groups is 1. The lowest BCUT2D eigenvalue weighted by molar-refractivity contribution is -0.137. The monoisotopic (exact) mass is 275 g/mol. The highest BCUT2D eigenvalue weighted by Gasteiger charge is 2.32. The van der Waals surface area contributed by atoms with E-state index in [0.29, 0.717) is 0 Å². The fraction of sp³-hybridized carbons (Fsp3) is 0.467. The van der Waals surface area contributed by atoms with E-state index < -0.39 is 0 Å². The van der Waals surface area contributed by atoms with E-state index >= 15 is 0 Å². The van der Waals surface area contributed by atoms with Crippen LogP contribution in [0, 0.1) is 6.92 Å². The molecule has 0 radical (unpaired) electrons. The average Bonchev–Trinajstić information content (AvgIpc) is 2.37. The van der Waals surface area contributed by atoms with Gasteiger partial charge in [-0.15, -0.1) is 0 Å². The van der Waals surface area contributed by atoms with Crippen molar-refractivity contribution in [3.05, 3.63) is 35.4 Å². The molecule has 1 aromatic rings. The zero-order chi connectivity index (χ0) is 14.7. The third-order valence-electron chi connectivity index (χ3n) is 3.63. The number of hydrogen-bond donors (Lipinski definition) is 2. The molecule has 1 aliphatic rings. The average molecular weight is 275 g/mol. The smallest absolute Gasteiger partial charge is 0.240 e. The van der Waals surface area contributed by atoms with Gasteiger partial charge in [-0.05, 0) is 18.9 Å². The van der Waals surface area contributed by atoms with E-state index in [9.17, 15) is 9.59 Å². The van der Waals surface area contributed by atoms with Gasteiger partial charge in [0, 0.05) is 6.04 Å². The molecule has 108 valence electrons. The number of aryl methyl sites for hydroxylation is 1. The molecule has 3 N–H and O–H groups in total. The maximum Gasteiger partial charge on any atom is 0.240 e. The number of amides is 2. The highest BCUT2D eigenvalue weighted by atomic mass is 16.2. The van der Waals surface area contributed by atoms with Crippen LogP contribution < -0.4 is 11.1 Å². The first-order chi connectivity index (χ1) is 9.51. The first-order valence-corrected chi connectivity index (χ1v) is 6.90. The van der Waals surface area contributed by atoms with Gasteiger partial charge >= 0.3 is 0 Å². The maximum absolute atomic E-state index is 11.6. The summed E-state index contributed by atoms with van der Waals surface area (Å²) in [5.74, 6) is -0.524. The summed E-state index contributed by atoms with van der Waals surface area (Å²) in [4.78, 5) is 25.0. The second-order valence-electron chi connectivity index (χ2n) is 5.31. The molecule has 0 spiro atoms. The lowest BCUT2D eigenvalue weighted by Gasteiger charge is -2.36. The Kier molecular flexibility index (Phi) is 4.52. The third-order valence-corrected chi connectivity index (χ3v) is 3.63. The molecule has 2 rings (SSSR count). The van der Waals surface area contributed by atoms with Crippen LogP contribution in [0.4, 0.5) is 0 Å². The van der Waals surface area contributed by atoms with Crippen molar-refractivity contribution in [2.75, 3.05) is 13.1 Å². The minimum atomic E-state index is -0.262. The van der Waals surface area contributed by atoms with E-state index in [1.54, 1.807) is 0 Å². The standard InChI is InChI=1S/C15H21N3O2/c1-3-12(16)15(11-6-4-5-10(2)7-11)18-8-13(19)17-14(20)9-18/h4-7,12,15H,3,8-9,16H2,1-2H3,(H,17,19,20). The Morgan fingerprint density at radius 1 is 1.30 bits per heavy atom. The molecule has 1 saturated heterocycles. The van der Waals surface area contributed by atoms with E-state index in [-0.39, 0.29) is 37.0 Å². The van der Waals surface area contributed by atoms with Crippen molar-refractivity contribution in [2.45, 2.75) is 32.4 Å². The highest BCUT2D eigenvalue weighted by molar-refractivity contribution is 5.99. The van der Waals surface area contributed by atoms with E-state index in [0.717, 1.165) is 17.5 Å². The topological polar surface area (TPSA) is 75.4 Å². The van der Waals surface area contributed by atoms with Crippen LogP contribution in [0.2, 0.25) is 0 Å². The van der Waals surface area contributed by atoms with Crippen molar-refractivity contribution >= 4 is 11.8 Å². The van der Waals surface area contributed by atoms with Gasteiger partial charge in [0.05, 0.1) is 19.1 Å². The second kappa shape index (κ2) is 6.15. The van der Waals surface area contributed by atoms with E-state index in [1.165, 1.54) is 0 Å². The van der Waals surface area contributed by atoms with E-state index in [4.69, 9.17) is 5.73 Å². The number of nitrogens with zero attached hydrogens (tertiary/aromatic N) is 1. The van der Waals surface area contributed by atoms with E-state index in [2.05, 4.69) is 11.4 Å². The SMILES string of the molecule is CCC(N)C(c1cccc(C)c1)N1CC(=O)NC(=O)C1. The Hall–Kier alpha value is -1.72. The molecule has 5 heteroatoms. The van der Waals surface area contributed by atoms with Crippen LogP contribution >= 0.6 is 0 Å². The Morgan fingerprint density at radius 3 is 2.50 bits per heavy atom. The number of rotatable bonds is 4. The van der Waals surface area contributed by atoms with Gasteiger partial charge < -0.3 is 5.73 Å². The van der Waals surface area contributed by atoms with Crippen LogP contribution in [-0.4, -0.2) is 35.8 Å². The summed E-state index contributed by atoms with van der Waals surface area (Å²) < 4.78 is 0. The molecule has 0 saturated carbocycles. The van der Waals surface area contributed by atoms with Crippen LogP contribution in [-0.2, 0) is 9.59 Å². The number of nitrogens with two attached hydrogens (primary N) is 1. The van der Waals surface area contributed by atoms with Crippen molar-refractivity contribution in [3.63, 3.8) is 0 Å². The molecule has 1 fully saturated rings. The summed E-state index contributed by atoms with van der Waals surface area (Å²) in [6.45, 7) is 4.45. The van der Waals surface area contributed by atoms with Crippen LogP contribution in [0.1, 0.15) is 30.5 Å². The van der Waals surface area contributed by atoms with Crippen molar-refractivity contribution < 1.29 is 9.59 Å². The summed E-state index contributed by atoms with van der Waals surface area (Å²) in [6, 6.07) is 7.84. The van der Waals surface area contributed by atoms with Gasteiger partial charge in [-0.2, -0.15) is 0 Å². The fourth-order valence-corrected chi connectivity index (χ4v) is 2.66. The van der Waals surface area contributed by atoms with Gasteiger partial charge in [0.2, 0.25) is 11.8 Å². The second-order valence-corrected chi connectivity index (χ2v) is 5.31. The molecule has 0 bridgehead atoms. The van der Waals surface area contributed by atoms with Gasteiger partial charge in [-0.25, -0.2) is 0 Å². The molecular formula is C15H21N3O2. The Morgan fingerprint density at radius 2 is 1.95 bits per heavy atom. The highest BCUT2D eigenvalue weighted by Crippen LogP contribution is 2.26. The number of benzene rings is 1.